The second-order valence-corrected chi connectivity index (χ2v) is 8.69. The van der Waals surface area contributed by atoms with E-state index in [0.717, 1.165) is 42.3 Å². The van der Waals surface area contributed by atoms with Gasteiger partial charge in [-0.2, -0.15) is 0 Å². The van der Waals surface area contributed by atoms with Gasteiger partial charge in [0, 0.05) is 17.8 Å². The predicted molar refractivity (Wildman–Crippen MR) is 121 cm³/mol. The smallest absolute Gasteiger partial charge is 0.250 e. The topological polar surface area (TPSA) is 47.4 Å². The summed E-state index contributed by atoms with van der Waals surface area (Å²) in [7, 11) is 1.62. The van der Waals surface area contributed by atoms with Crippen LogP contribution in [0.4, 0.5) is 8.78 Å². The van der Waals surface area contributed by atoms with Crippen LogP contribution in [0.15, 0.2) is 54.5 Å². The highest BCUT2D eigenvalue weighted by Gasteiger charge is 2.41. The maximum absolute atomic E-state index is 13.8. The van der Waals surface area contributed by atoms with Gasteiger partial charge in [0.15, 0.2) is 11.6 Å². The van der Waals surface area contributed by atoms with Crippen molar-refractivity contribution in [1.29, 1.82) is 0 Å². The molecule has 170 valence electrons. The number of piperidine rings is 1. The monoisotopic (exact) mass is 449 g/mol. The molecule has 2 fully saturated rings. The van der Waals surface area contributed by atoms with Crippen molar-refractivity contribution in [2.45, 2.75) is 44.7 Å². The van der Waals surface area contributed by atoms with Gasteiger partial charge in [-0.25, -0.2) is 13.8 Å². The molecule has 2 atom stereocenters. The van der Waals surface area contributed by atoms with Gasteiger partial charge in [0.25, 0.3) is 5.91 Å². The van der Waals surface area contributed by atoms with E-state index in [1.807, 2.05) is 46.9 Å². The van der Waals surface area contributed by atoms with Crippen LogP contribution in [-0.4, -0.2) is 33.5 Å². The molecule has 5 rings (SSSR count). The van der Waals surface area contributed by atoms with E-state index in [0.29, 0.717) is 23.3 Å². The number of hydrogen-bond donors (Lipinski definition) is 0. The maximum atomic E-state index is 13.8. The Morgan fingerprint density at radius 2 is 1.94 bits per heavy atom. The average Bonchev–Trinajstić information content (AvgIpc) is 3.44. The summed E-state index contributed by atoms with van der Waals surface area (Å²) in [5.41, 5.74) is 4.01. The number of aryl methyl sites for hydroxylation is 1. The first-order valence-electron chi connectivity index (χ1n) is 11.1. The van der Waals surface area contributed by atoms with Gasteiger partial charge in [-0.15, -0.1) is 0 Å². The molecule has 7 heteroatoms. The Balaban J connectivity index is 1.43. The standard InChI is InChI=1S/C26H25F2N3O2/c1-16-14-30(15-29-16)24-9-3-17(12-25(24)33-2)11-19-4-6-20-7-10-23(31(20)26(19)32)18-5-8-21(27)22(28)13-18/h3,5,8-9,11-15,20,23H,4,6-7,10H2,1-2H3/t20-,23-/m0/s1. The van der Waals surface area contributed by atoms with E-state index >= 15 is 0 Å². The van der Waals surface area contributed by atoms with Gasteiger partial charge in [0.2, 0.25) is 0 Å². The zero-order chi connectivity index (χ0) is 23.1. The number of amides is 1. The largest absolute Gasteiger partial charge is 0.495 e. The summed E-state index contributed by atoms with van der Waals surface area (Å²) in [6, 6.07) is 9.65. The average molecular weight is 450 g/mol. The van der Waals surface area contributed by atoms with Gasteiger partial charge < -0.3 is 14.2 Å². The second-order valence-electron chi connectivity index (χ2n) is 8.69. The first kappa shape index (κ1) is 21.4. The highest BCUT2D eigenvalue weighted by Crippen LogP contribution is 2.43. The van der Waals surface area contributed by atoms with Crippen molar-refractivity contribution in [3.63, 3.8) is 0 Å². The summed E-state index contributed by atoms with van der Waals surface area (Å²) in [6.45, 7) is 1.93. The van der Waals surface area contributed by atoms with E-state index in [2.05, 4.69) is 4.98 Å². The Kier molecular flexibility index (Phi) is 5.48. The zero-order valence-electron chi connectivity index (χ0n) is 18.6. The van der Waals surface area contributed by atoms with Crippen molar-refractivity contribution in [1.82, 2.24) is 14.5 Å². The summed E-state index contributed by atoms with van der Waals surface area (Å²) >= 11 is 0. The molecule has 1 amide bonds. The van der Waals surface area contributed by atoms with E-state index in [1.165, 1.54) is 6.07 Å². The molecule has 0 spiro atoms. The van der Waals surface area contributed by atoms with Crippen molar-refractivity contribution in [2.75, 3.05) is 7.11 Å². The number of imidazole rings is 1. The number of fused-ring (bicyclic) bond motifs is 1. The molecular formula is C26H25F2N3O2. The summed E-state index contributed by atoms with van der Waals surface area (Å²) in [4.78, 5) is 19.6. The van der Waals surface area contributed by atoms with Crippen molar-refractivity contribution in [3.05, 3.63) is 83.0 Å². The summed E-state index contributed by atoms with van der Waals surface area (Å²) in [5.74, 6) is -1.10. The third-order valence-electron chi connectivity index (χ3n) is 6.62. The fourth-order valence-electron chi connectivity index (χ4n) is 5.00. The fourth-order valence-corrected chi connectivity index (χ4v) is 5.00. The van der Waals surface area contributed by atoms with E-state index in [1.54, 1.807) is 19.5 Å². The number of hydrogen-bond acceptors (Lipinski definition) is 3. The number of ether oxygens (including phenoxy) is 1. The van der Waals surface area contributed by atoms with Crippen molar-refractivity contribution in [3.8, 4) is 11.4 Å². The number of nitrogens with zero attached hydrogens (tertiary/aromatic N) is 3. The molecule has 0 N–H and O–H groups in total. The molecule has 3 heterocycles. The highest BCUT2D eigenvalue weighted by atomic mass is 19.2. The van der Waals surface area contributed by atoms with Crippen LogP contribution in [0.5, 0.6) is 5.75 Å². The zero-order valence-corrected chi connectivity index (χ0v) is 18.6. The van der Waals surface area contributed by atoms with E-state index < -0.39 is 11.6 Å². The third-order valence-corrected chi connectivity index (χ3v) is 6.62. The van der Waals surface area contributed by atoms with Gasteiger partial charge >= 0.3 is 0 Å². The minimum atomic E-state index is -0.878. The number of halogens is 2. The number of rotatable bonds is 4. The Morgan fingerprint density at radius 3 is 2.67 bits per heavy atom. The lowest BCUT2D eigenvalue weighted by atomic mass is 9.95. The van der Waals surface area contributed by atoms with Crippen LogP contribution in [0.3, 0.4) is 0 Å². The molecule has 3 aromatic rings. The van der Waals surface area contributed by atoms with Crippen molar-refractivity contribution >= 4 is 12.0 Å². The summed E-state index contributed by atoms with van der Waals surface area (Å²) < 4.78 is 34.8. The van der Waals surface area contributed by atoms with Crippen molar-refractivity contribution < 1.29 is 18.3 Å². The SMILES string of the molecule is COc1cc(C=C2CC[C@H]3CC[C@@H](c4ccc(F)c(F)c4)N3C2=O)ccc1-n1cnc(C)c1. The van der Waals surface area contributed by atoms with Crippen LogP contribution in [-0.2, 0) is 4.79 Å². The van der Waals surface area contributed by atoms with Crippen molar-refractivity contribution in [2.24, 2.45) is 0 Å². The molecule has 0 aliphatic carbocycles. The lowest BCUT2D eigenvalue weighted by Gasteiger charge is -2.35. The molecule has 0 radical (unpaired) electrons. The van der Waals surface area contributed by atoms with Crippen LogP contribution < -0.4 is 4.74 Å². The summed E-state index contributed by atoms with van der Waals surface area (Å²) in [6.07, 6.45) is 8.74. The Morgan fingerprint density at radius 1 is 1.09 bits per heavy atom. The summed E-state index contributed by atoms with van der Waals surface area (Å²) in [5, 5.41) is 0. The van der Waals surface area contributed by atoms with Crippen LogP contribution in [0.25, 0.3) is 11.8 Å². The van der Waals surface area contributed by atoms with Crippen LogP contribution in [0.2, 0.25) is 0 Å². The normalized spacial score (nSPS) is 21.5. The molecule has 0 saturated carbocycles. The van der Waals surface area contributed by atoms with Crippen LogP contribution in [0.1, 0.15) is 48.5 Å². The van der Waals surface area contributed by atoms with Gasteiger partial charge in [0.1, 0.15) is 5.75 Å². The lowest BCUT2D eigenvalue weighted by Crippen LogP contribution is -2.41. The molecule has 2 aliphatic rings. The van der Waals surface area contributed by atoms with Gasteiger partial charge in [-0.3, -0.25) is 4.79 Å². The molecular weight excluding hydrogens is 424 g/mol. The highest BCUT2D eigenvalue weighted by molar-refractivity contribution is 5.99. The Bertz CT molecular complexity index is 1250. The quantitative estimate of drug-likeness (QED) is 0.503. The van der Waals surface area contributed by atoms with Gasteiger partial charge in [0.05, 0.1) is 30.9 Å². The number of aromatic nitrogens is 2. The molecule has 33 heavy (non-hydrogen) atoms. The molecule has 1 aromatic heterocycles. The Hall–Kier alpha value is -3.48. The number of carbonyl (C=O) groups excluding carboxylic acids is 1. The van der Waals surface area contributed by atoms with Gasteiger partial charge in [-0.1, -0.05) is 12.1 Å². The number of methoxy groups -OCH3 is 1. The maximum Gasteiger partial charge on any atom is 0.250 e. The molecule has 5 nitrogen and oxygen atoms in total. The minimum Gasteiger partial charge on any atom is -0.495 e. The van der Waals surface area contributed by atoms with Gasteiger partial charge in [-0.05, 0) is 74.1 Å². The first-order chi connectivity index (χ1) is 15.9. The van der Waals surface area contributed by atoms with Crippen LogP contribution in [0, 0.1) is 18.6 Å². The lowest BCUT2D eigenvalue weighted by molar-refractivity contribution is -0.131. The molecule has 2 aromatic carbocycles. The van der Waals surface area contributed by atoms with Crippen LogP contribution >= 0.6 is 0 Å². The third kappa shape index (κ3) is 3.92. The molecule has 0 bridgehead atoms. The van der Waals surface area contributed by atoms with E-state index in [4.69, 9.17) is 4.74 Å². The Labute approximate surface area is 191 Å². The molecule has 0 unspecified atom stereocenters. The van der Waals surface area contributed by atoms with E-state index in [9.17, 15) is 13.6 Å². The second kappa shape index (κ2) is 8.46. The first-order valence-corrected chi connectivity index (χ1v) is 11.1. The molecule has 2 aliphatic heterocycles. The minimum absolute atomic E-state index is 0.0354. The molecule has 2 saturated heterocycles. The number of carbonyl (C=O) groups is 1. The fraction of sp³-hybridized carbons (Fsp3) is 0.308. The van der Waals surface area contributed by atoms with E-state index in [-0.39, 0.29) is 18.0 Å². The predicted octanol–water partition coefficient (Wildman–Crippen LogP) is 5.38. The number of benzene rings is 2.